The van der Waals surface area contributed by atoms with Gasteiger partial charge in [0.1, 0.15) is 34.7 Å². The number of hydrogen-bond acceptors (Lipinski definition) is 7. The number of methoxy groups -OCH3 is 2. The van der Waals surface area contributed by atoms with Gasteiger partial charge in [-0.3, -0.25) is 9.59 Å². The molecular weight excluding hydrogens is 556 g/mol. The minimum Gasteiger partial charge on any atom is -0.508 e. The lowest BCUT2D eigenvalue weighted by Gasteiger charge is -2.50. The molecule has 230 valence electrons. The fourth-order valence-electron chi connectivity index (χ4n) is 8.10. The van der Waals surface area contributed by atoms with E-state index in [9.17, 15) is 14.7 Å². The highest BCUT2D eigenvalue weighted by molar-refractivity contribution is 5.80. The number of aromatic hydroxyl groups is 1. The van der Waals surface area contributed by atoms with Crippen molar-refractivity contribution in [1.82, 2.24) is 0 Å². The number of rotatable bonds is 4. The maximum absolute atomic E-state index is 12.2. The summed E-state index contributed by atoms with van der Waals surface area (Å²) in [6.45, 7) is 3.88. The van der Waals surface area contributed by atoms with Crippen LogP contribution in [0.3, 0.4) is 0 Å². The van der Waals surface area contributed by atoms with Gasteiger partial charge in [0.25, 0.3) is 0 Å². The van der Waals surface area contributed by atoms with Crippen molar-refractivity contribution in [3.63, 3.8) is 0 Å². The summed E-state index contributed by atoms with van der Waals surface area (Å²) in [6, 6.07) is 20.0. The third kappa shape index (κ3) is 5.56. The van der Waals surface area contributed by atoms with E-state index in [1.165, 1.54) is 43.4 Å². The minimum absolute atomic E-state index is 0.0864. The number of carbonyl (C=O) groups is 1. The molecule has 7 nitrogen and oxygen atoms in total. The van der Waals surface area contributed by atoms with Gasteiger partial charge in [-0.15, -0.1) is 0 Å². The first-order chi connectivity index (χ1) is 21.2. The third-order valence-electron chi connectivity index (χ3n) is 10.2. The van der Waals surface area contributed by atoms with Crippen LogP contribution in [0.2, 0.25) is 0 Å². The Bertz CT molecular complexity index is 1740. The summed E-state index contributed by atoms with van der Waals surface area (Å²) in [5.41, 5.74) is 4.15. The van der Waals surface area contributed by atoms with Crippen molar-refractivity contribution in [3.05, 3.63) is 88.1 Å². The number of phenols is 1. The van der Waals surface area contributed by atoms with Gasteiger partial charge in [0.2, 0.25) is 0 Å². The van der Waals surface area contributed by atoms with Crippen molar-refractivity contribution in [3.8, 4) is 28.6 Å². The number of ether oxygens (including phenoxy) is 3. The second kappa shape index (κ2) is 12.0. The average molecular weight is 597 g/mol. The molecule has 0 amide bonds. The van der Waals surface area contributed by atoms with Crippen LogP contribution in [-0.2, 0) is 16.0 Å². The highest BCUT2D eigenvalue weighted by Gasteiger charge is 2.56. The van der Waals surface area contributed by atoms with Gasteiger partial charge in [-0.1, -0.05) is 25.1 Å². The average Bonchev–Trinajstić information content (AvgIpc) is 3.36. The molecular formula is C37H40O7. The largest absolute Gasteiger partial charge is 0.508 e. The quantitative estimate of drug-likeness (QED) is 0.242. The maximum Gasteiger partial charge on any atom is 0.302 e. The number of fused-ring (bicyclic) bond motifs is 6. The van der Waals surface area contributed by atoms with Crippen molar-refractivity contribution in [2.45, 2.75) is 64.4 Å². The van der Waals surface area contributed by atoms with Crippen molar-refractivity contribution >= 4 is 16.9 Å². The topological polar surface area (TPSA) is 95.2 Å². The Morgan fingerprint density at radius 3 is 2.50 bits per heavy atom. The number of esters is 1. The molecule has 0 saturated heterocycles. The molecule has 7 heteroatoms. The molecule has 4 aromatic rings. The standard InChI is InChI=1S/C20H26O3.C17H14O4/c1-12(21)23-19-8-7-18-17-5-3-13-11-14(22)4-6-15(13)16(17)9-10-20(18,19)2;1-19-12-5-3-4-11(8-12)16-10-15(18)14-7-6-13(20-2)9-17(14)21-16/h4,6,11,16-19,22H,3,5,7-10H2,1-2H3;3-10H,1-2H3. The summed E-state index contributed by atoms with van der Waals surface area (Å²) in [6.07, 6.45) is 6.89. The van der Waals surface area contributed by atoms with E-state index in [0.29, 0.717) is 51.7 Å². The van der Waals surface area contributed by atoms with Crippen molar-refractivity contribution in [2.24, 2.45) is 17.3 Å². The highest BCUT2D eigenvalue weighted by Crippen LogP contribution is 2.61. The minimum atomic E-state index is -0.136. The smallest absolute Gasteiger partial charge is 0.302 e. The molecule has 1 heterocycles. The Labute approximate surface area is 257 Å². The van der Waals surface area contributed by atoms with E-state index >= 15 is 0 Å². The van der Waals surface area contributed by atoms with Crippen LogP contribution in [0.4, 0.5) is 0 Å². The Kier molecular flexibility index (Phi) is 8.14. The van der Waals surface area contributed by atoms with Gasteiger partial charge in [0, 0.05) is 30.0 Å². The van der Waals surface area contributed by atoms with Crippen molar-refractivity contribution in [1.29, 1.82) is 0 Å². The molecule has 0 spiro atoms. The molecule has 5 atom stereocenters. The van der Waals surface area contributed by atoms with E-state index in [1.807, 2.05) is 36.4 Å². The molecule has 7 rings (SSSR count). The number of carbonyl (C=O) groups excluding carboxylic acids is 1. The first-order valence-corrected chi connectivity index (χ1v) is 15.5. The number of hydrogen-bond donors (Lipinski definition) is 1. The third-order valence-corrected chi connectivity index (χ3v) is 10.2. The monoisotopic (exact) mass is 596 g/mol. The Balaban J connectivity index is 0.000000157. The van der Waals surface area contributed by atoms with Crippen LogP contribution in [0, 0.1) is 17.3 Å². The molecule has 3 aliphatic rings. The summed E-state index contributed by atoms with van der Waals surface area (Å²) >= 11 is 0. The molecule has 2 fully saturated rings. The first-order valence-electron chi connectivity index (χ1n) is 15.5. The van der Waals surface area contributed by atoms with Crippen LogP contribution in [0.15, 0.2) is 75.9 Å². The van der Waals surface area contributed by atoms with Gasteiger partial charge < -0.3 is 23.7 Å². The van der Waals surface area contributed by atoms with Crippen LogP contribution in [0.1, 0.15) is 63.0 Å². The van der Waals surface area contributed by atoms with Gasteiger partial charge >= 0.3 is 5.97 Å². The molecule has 2 saturated carbocycles. The van der Waals surface area contributed by atoms with Gasteiger partial charge in [-0.25, -0.2) is 0 Å². The number of benzene rings is 3. The Morgan fingerprint density at radius 1 is 0.932 bits per heavy atom. The van der Waals surface area contributed by atoms with Crippen LogP contribution in [0.5, 0.6) is 17.2 Å². The van der Waals surface area contributed by atoms with Crippen LogP contribution >= 0.6 is 0 Å². The molecule has 0 bridgehead atoms. The van der Waals surface area contributed by atoms with E-state index in [1.54, 1.807) is 32.4 Å². The van der Waals surface area contributed by atoms with E-state index in [4.69, 9.17) is 18.6 Å². The lowest BCUT2D eigenvalue weighted by atomic mass is 9.55. The van der Waals surface area contributed by atoms with Crippen molar-refractivity contribution < 1.29 is 28.5 Å². The van der Waals surface area contributed by atoms with Gasteiger partial charge in [-0.05, 0) is 104 Å². The summed E-state index contributed by atoms with van der Waals surface area (Å²) in [7, 11) is 3.17. The molecule has 3 aliphatic carbocycles. The zero-order valence-corrected chi connectivity index (χ0v) is 25.8. The zero-order chi connectivity index (χ0) is 31.0. The van der Waals surface area contributed by atoms with E-state index in [0.717, 1.165) is 24.8 Å². The summed E-state index contributed by atoms with van der Waals surface area (Å²) in [5, 5.41) is 10.3. The normalized spacial score (nSPS) is 25.1. The molecule has 1 N–H and O–H groups in total. The molecule has 3 aromatic carbocycles. The predicted octanol–water partition coefficient (Wildman–Crippen LogP) is 7.66. The van der Waals surface area contributed by atoms with Crippen LogP contribution < -0.4 is 14.9 Å². The van der Waals surface area contributed by atoms with E-state index < -0.39 is 0 Å². The van der Waals surface area contributed by atoms with Crippen molar-refractivity contribution in [2.75, 3.05) is 14.2 Å². The maximum atomic E-state index is 12.2. The number of phenolic OH excluding ortho intramolecular Hbond substituents is 1. The second-order valence-corrected chi connectivity index (χ2v) is 12.6. The summed E-state index contributed by atoms with van der Waals surface area (Å²) in [4.78, 5) is 23.6. The van der Waals surface area contributed by atoms with Gasteiger partial charge in [-0.2, -0.15) is 0 Å². The first kappa shape index (κ1) is 29.8. The zero-order valence-electron chi connectivity index (χ0n) is 25.8. The fourth-order valence-corrected chi connectivity index (χ4v) is 8.10. The molecule has 0 aliphatic heterocycles. The Hall–Kier alpha value is -4.26. The van der Waals surface area contributed by atoms with Crippen LogP contribution in [-0.4, -0.2) is 31.4 Å². The molecule has 1 aromatic heterocycles. The lowest BCUT2D eigenvalue weighted by molar-refractivity contribution is -0.154. The number of aryl methyl sites for hydroxylation is 1. The lowest BCUT2D eigenvalue weighted by Crippen LogP contribution is -2.45. The van der Waals surface area contributed by atoms with E-state index in [2.05, 4.69) is 13.0 Å². The summed E-state index contributed by atoms with van der Waals surface area (Å²) in [5.74, 6) is 4.09. The second-order valence-electron chi connectivity index (χ2n) is 12.6. The predicted molar refractivity (Wildman–Crippen MR) is 169 cm³/mol. The SMILES string of the molecule is CC(=O)OC1CCC2C3CCc4cc(O)ccc4C3CCC12C.COc1cccc(-c2cc(=O)c3ccc(OC)cc3o2)c1. The highest BCUT2D eigenvalue weighted by atomic mass is 16.5. The fraction of sp³-hybridized carbons (Fsp3) is 0.405. The molecule has 5 unspecified atom stereocenters. The van der Waals surface area contributed by atoms with Crippen LogP contribution in [0.25, 0.3) is 22.3 Å². The molecule has 44 heavy (non-hydrogen) atoms. The van der Waals surface area contributed by atoms with E-state index in [-0.39, 0.29) is 22.9 Å². The Morgan fingerprint density at radius 2 is 1.73 bits per heavy atom. The van der Waals surface area contributed by atoms with Gasteiger partial charge in [0.05, 0.1) is 19.6 Å². The molecule has 0 radical (unpaired) electrons. The van der Waals surface area contributed by atoms with Gasteiger partial charge in [0.15, 0.2) is 5.43 Å². The summed E-state index contributed by atoms with van der Waals surface area (Å²) < 4.78 is 21.9.